The number of hydrogen-bond donors (Lipinski definition) is 1. The summed E-state index contributed by atoms with van der Waals surface area (Å²) in [5.74, 6) is -0.127. The average Bonchev–Trinajstić information content (AvgIpc) is 3.17. The van der Waals surface area contributed by atoms with Gasteiger partial charge < -0.3 is 9.47 Å². The molecule has 0 aliphatic carbocycles. The molecule has 1 unspecified atom stereocenters. The lowest BCUT2D eigenvalue weighted by molar-refractivity contribution is -0.941. The van der Waals surface area contributed by atoms with Gasteiger partial charge in [-0.2, -0.15) is 0 Å². The molecule has 1 heterocycles. The van der Waals surface area contributed by atoms with Crippen LogP contribution in [0.5, 0.6) is 0 Å². The first-order chi connectivity index (χ1) is 14.7. The van der Waals surface area contributed by atoms with Gasteiger partial charge in [0, 0.05) is 23.9 Å². The van der Waals surface area contributed by atoms with Crippen molar-refractivity contribution in [2.24, 2.45) is 0 Å². The molecule has 0 spiro atoms. The smallest absolute Gasteiger partial charge is 0.132 e. The van der Waals surface area contributed by atoms with Crippen LogP contribution in [0.25, 0.3) is 0 Å². The molecule has 0 radical (unpaired) electrons. The second kappa shape index (κ2) is 9.55. The van der Waals surface area contributed by atoms with Crippen LogP contribution in [-0.4, -0.2) is 4.57 Å². The van der Waals surface area contributed by atoms with Gasteiger partial charge in [0.25, 0.3) is 0 Å². The number of nitrogens with zero attached hydrogens (tertiary/aromatic N) is 1. The van der Waals surface area contributed by atoms with Gasteiger partial charge in [-0.25, -0.2) is 4.39 Å². The van der Waals surface area contributed by atoms with E-state index in [9.17, 15) is 4.39 Å². The van der Waals surface area contributed by atoms with Gasteiger partial charge in [-0.15, -0.1) is 0 Å². The van der Waals surface area contributed by atoms with E-state index in [4.69, 9.17) is 0 Å². The Kier molecular flexibility index (Phi) is 6.41. The molecular formula is C27H28FN2+. The van der Waals surface area contributed by atoms with Crippen LogP contribution in [0.15, 0.2) is 97.2 Å². The van der Waals surface area contributed by atoms with Crippen molar-refractivity contribution in [2.75, 3.05) is 0 Å². The Balaban J connectivity index is 1.56. The molecule has 0 saturated carbocycles. The van der Waals surface area contributed by atoms with E-state index >= 15 is 0 Å². The van der Waals surface area contributed by atoms with Gasteiger partial charge >= 0.3 is 0 Å². The summed E-state index contributed by atoms with van der Waals surface area (Å²) in [5, 5.41) is 0. The van der Waals surface area contributed by atoms with Crippen LogP contribution < -0.4 is 4.90 Å². The number of nitrogens with one attached hydrogen (secondary N) is 1. The van der Waals surface area contributed by atoms with Gasteiger partial charge in [0.05, 0.1) is 5.69 Å². The van der Waals surface area contributed by atoms with Gasteiger partial charge in [0.2, 0.25) is 0 Å². The van der Waals surface area contributed by atoms with Crippen LogP contribution in [0.1, 0.15) is 27.9 Å². The first-order valence-electron chi connectivity index (χ1n) is 10.5. The minimum atomic E-state index is -0.127. The monoisotopic (exact) mass is 399 g/mol. The highest BCUT2D eigenvalue weighted by molar-refractivity contribution is 5.23. The quantitative estimate of drug-likeness (QED) is 0.437. The molecular weight excluding hydrogens is 371 g/mol. The fourth-order valence-corrected chi connectivity index (χ4v) is 4.01. The molecule has 1 atom stereocenters. The SMILES string of the molecule is Cc1cccc(Cn2cccc2C[NH+](Cc2ccccc2)Cc2ccccc2F)c1. The summed E-state index contributed by atoms with van der Waals surface area (Å²) >= 11 is 0. The van der Waals surface area contributed by atoms with Gasteiger partial charge in [-0.3, -0.25) is 0 Å². The van der Waals surface area contributed by atoms with E-state index < -0.39 is 0 Å². The molecule has 152 valence electrons. The molecule has 0 saturated heterocycles. The predicted octanol–water partition coefficient (Wildman–Crippen LogP) is 4.77. The maximum Gasteiger partial charge on any atom is 0.132 e. The third kappa shape index (κ3) is 5.25. The van der Waals surface area contributed by atoms with Crippen molar-refractivity contribution in [3.8, 4) is 0 Å². The Bertz CT molecular complexity index is 1080. The molecule has 2 nitrogen and oxygen atoms in total. The molecule has 1 N–H and O–H groups in total. The Labute approximate surface area is 178 Å². The lowest BCUT2D eigenvalue weighted by atomic mass is 10.1. The molecule has 30 heavy (non-hydrogen) atoms. The largest absolute Gasteiger partial charge is 0.342 e. The first-order valence-corrected chi connectivity index (χ1v) is 10.5. The molecule has 3 aromatic carbocycles. The van der Waals surface area contributed by atoms with Gasteiger partial charge in [0.1, 0.15) is 25.5 Å². The Morgan fingerprint density at radius 1 is 0.733 bits per heavy atom. The van der Waals surface area contributed by atoms with Crippen molar-refractivity contribution in [2.45, 2.75) is 33.1 Å². The van der Waals surface area contributed by atoms with Crippen molar-refractivity contribution in [1.29, 1.82) is 0 Å². The molecule has 0 bridgehead atoms. The number of hydrogen-bond acceptors (Lipinski definition) is 0. The van der Waals surface area contributed by atoms with Crippen molar-refractivity contribution < 1.29 is 9.29 Å². The van der Waals surface area contributed by atoms with E-state index in [1.807, 2.05) is 18.2 Å². The van der Waals surface area contributed by atoms with Gasteiger partial charge in [0.15, 0.2) is 0 Å². The maximum atomic E-state index is 14.4. The topological polar surface area (TPSA) is 9.37 Å². The van der Waals surface area contributed by atoms with E-state index in [2.05, 4.69) is 78.4 Å². The number of aryl methyl sites for hydroxylation is 1. The van der Waals surface area contributed by atoms with E-state index in [-0.39, 0.29) is 5.82 Å². The maximum absolute atomic E-state index is 14.4. The summed E-state index contributed by atoms with van der Waals surface area (Å²) in [7, 11) is 0. The molecule has 0 amide bonds. The zero-order valence-corrected chi connectivity index (χ0v) is 17.4. The lowest BCUT2D eigenvalue weighted by Crippen LogP contribution is -3.08. The second-order valence-corrected chi connectivity index (χ2v) is 7.97. The summed E-state index contributed by atoms with van der Waals surface area (Å²) in [5.41, 5.74) is 5.86. The Morgan fingerprint density at radius 3 is 2.30 bits per heavy atom. The highest BCUT2D eigenvalue weighted by Crippen LogP contribution is 2.10. The van der Waals surface area contributed by atoms with E-state index in [1.54, 1.807) is 12.1 Å². The fraction of sp³-hybridized carbons (Fsp3) is 0.185. The van der Waals surface area contributed by atoms with Crippen LogP contribution in [0.3, 0.4) is 0 Å². The van der Waals surface area contributed by atoms with Crippen molar-refractivity contribution in [1.82, 2.24) is 4.57 Å². The standard InChI is InChI=1S/C27H27FN2/c1-22-9-7-12-24(17-22)19-30-16-8-14-26(30)21-29(18-23-10-3-2-4-11-23)20-25-13-5-6-15-27(25)28/h2-17H,18-21H2,1H3/p+1. The normalized spacial score (nSPS) is 12.1. The predicted molar refractivity (Wildman–Crippen MR) is 120 cm³/mol. The van der Waals surface area contributed by atoms with Crippen LogP contribution in [0.2, 0.25) is 0 Å². The van der Waals surface area contributed by atoms with E-state index in [0.29, 0.717) is 6.54 Å². The Morgan fingerprint density at radius 2 is 1.50 bits per heavy atom. The highest BCUT2D eigenvalue weighted by Gasteiger charge is 2.16. The summed E-state index contributed by atoms with van der Waals surface area (Å²) in [6, 6.07) is 30.5. The van der Waals surface area contributed by atoms with Crippen molar-refractivity contribution >= 4 is 0 Å². The third-order valence-corrected chi connectivity index (χ3v) is 5.49. The zero-order chi connectivity index (χ0) is 20.8. The Hall–Kier alpha value is -3.17. The first kappa shape index (κ1) is 20.1. The van der Waals surface area contributed by atoms with Crippen LogP contribution in [0, 0.1) is 12.7 Å². The summed E-state index contributed by atoms with van der Waals surface area (Å²) in [6.45, 7) is 5.31. The molecule has 4 rings (SSSR count). The van der Waals surface area contributed by atoms with Crippen LogP contribution in [-0.2, 0) is 26.2 Å². The fourth-order valence-electron chi connectivity index (χ4n) is 4.01. The van der Waals surface area contributed by atoms with Crippen molar-refractivity contribution in [3.05, 3.63) is 131 Å². The average molecular weight is 400 g/mol. The number of rotatable bonds is 8. The molecule has 0 aliphatic heterocycles. The molecule has 0 fully saturated rings. The van der Waals surface area contributed by atoms with E-state index in [1.165, 1.54) is 27.3 Å². The zero-order valence-electron chi connectivity index (χ0n) is 17.4. The van der Waals surface area contributed by atoms with Crippen molar-refractivity contribution in [3.63, 3.8) is 0 Å². The minimum absolute atomic E-state index is 0.127. The van der Waals surface area contributed by atoms with E-state index in [0.717, 1.165) is 25.2 Å². The molecule has 3 heteroatoms. The number of quaternary nitrogens is 1. The third-order valence-electron chi connectivity index (χ3n) is 5.49. The molecule has 1 aromatic heterocycles. The number of aromatic nitrogens is 1. The lowest BCUT2D eigenvalue weighted by Gasteiger charge is -2.21. The number of halogens is 1. The minimum Gasteiger partial charge on any atom is -0.342 e. The van der Waals surface area contributed by atoms with Gasteiger partial charge in [-0.1, -0.05) is 78.4 Å². The summed E-state index contributed by atoms with van der Waals surface area (Å²) in [4.78, 5) is 1.32. The second-order valence-electron chi connectivity index (χ2n) is 7.97. The molecule has 0 aliphatic rings. The van der Waals surface area contributed by atoms with Gasteiger partial charge in [-0.05, 0) is 30.7 Å². The van der Waals surface area contributed by atoms with Crippen LogP contribution >= 0.6 is 0 Å². The summed E-state index contributed by atoms with van der Waals surface area (Å²) in [6.07, 6.45) is 2.14. The highest BCUT2D eigenvalue weighted by atomic mass is 19.1. The van der Waals surface area contributed by atoms with Crippen LogP contribution in [0.4, 0.5) is 4.39 Å². The number of benzene rings is 3. The summed E-state index contributed by atoms with van der Waals surface area (Å²) < 4.78 is 16.7. The molecule has 4 aromatic rings.